The standard InChI is InChI=1S/C21H25F3N4O4S/c22-21(23,24)33(31,32)16-3-1-15(2-4-16)9-26-8-7-19(10-26)11-27(12-19)18(30)28-13-20(14-28)6-5-17(29)25-20/h1-4H,5-14H2,(H,25,29). The van der Waals surface area contributed by atoms with Crippen molar-refractivity contribution >= 4 is 21.8 Å². The Morgan fingerprint density at radius 1 is 1.00 bits per heavy atom. The molecule has 4 heterocycles. The molecule has 0 bridgehead atoms. The maximum atomic E-state index is 12.7. The van der Waals surface area contributed by atoms with Crippen molar-refractivity contribution in [2.45, 2.75) is 41.7 Å². The van der Waals surface area contributed by atoms with Crippen LogP contribution in [-0.4, -0.2) is 85.4 Å². The number of nitrogens with zero attached hydrogens (tertiary/aromatic N) is 3. The molecule has 4 fully saturated rings. The molecule has 0 aliphatic carbocycles. The molecule has 0 saturated carbocycles. The minimum absolute atomic E-state index is 0.00677. The second-order valence-corrected chi connectivity index (χ2v) is 11.8. The van der Waals surface area contributed by atoms with E-state index in [1.807, 2.05) is 4.90 Å². The molecule has 3 amide bonds. The number of nitrogens with one attached hydrogen (secondary N) is 1. The van der Waals surface area contributed by atoms with Gasteiger partial charge in [0.05, 0.1) is 10.4 Å². The van der Waals surface area contributed by atoms with Gasteiger partial charge in [-0.1, -0.05) is 12.1 Å². The Morgan fingerprint density at radius 3 is 2.21 bits per heavy atom. The van der Waals surface area contributed by atoms with Crippen molar-refractivity contribution in [3.63, 3.8) is 0 Å². The number of alkyl halides is 3. The zero-order valence-corrected chi connectivity index (χ0v) is 18.7. The summed E-state index contributed by atoms with van der Waals surface area (Å²) in [5.41, 5.74) is -4.77. The summed E-state index contributed by atoms with van der Waals surface area (Å²) in [6.07, 6.45) is 2.22. The minimum Gasteiger partial charge on any atom is -0.347 e. The summed E-state index contributed by atoms with van der Waals surface area (Å²) >= 11 is 0. The van der Waals surface area contributed by atoms with Crippen LogP contribution in [-0.2, 0) is 21.2 Å². The van der Waals surface area contributed by atoms with Crippen molar-refractivity contribution in [3.05, 3.63) is 29.8 Å². The van der Waals surface area contributed by atoms with Crippen LogP contribution in [0, 0.1) is 5.41 Å². The zero-order chi connectivity index (χ0) is 23.6. The van der Waals surface area contributed by atoms with Crippen LogP contribution in [0.1, 0.15) is 24.8 Å². The average molecular weight is 487 g/mol. The fourth-order valence-corrected chi connectivity index (χ4v) is 6.28. The molecule has 180 valence electrons. The summed E-state index contributed by atoms with van der Waals surface area (Å²) in [6, 6.07) is 4.84. The molecule has 12 heteroatoms. The van der Waals surface area contributed by atoms with Gasteiger partial charge in [-0.2, -0.15) is 13.2 Å². The number of carbonyl (C=O) groups excluding carboxylic acids is 2. The number of sulfone groups is 1. The lowest BCUT2D eigenvalue weighted by molar-refractivity contribution is -0.120. The molecule has 4 aliphatic rings. The van der Waals surface area contributed by atoms with E-state index >= 15 is 0 Å². The molecule has 2 spiro atoms. The molecule has 4 saturated heterocycles. The van der Waals surface area contributed by atoms with Gasteiger partial charge in [-0.25, -0.2) is 13.2 Å². The van der Waals surface area contributed by atoms with E-state index < -0.39 is 20.2 Å². The third-order valence-corrected chi connectivity index (χ3v) is 8.78. The fourth-order valence-electron chi connectivity index (χ4n) is 5.52. The number of benzene rings is 1. The first kappa shape index (κ1) is 22.5. The summed E-state index contributed by atoms with van der Waals surface area (Å²) in [7, 11) is -5.34. The van der Waals surface area contributed by atoms with E-state index in [1.54, 1.807) is 4.90 Å². The highest BCUT2D eigenvalue weighted by molar-refractivity contribution is 7.92. The van der Waals surface area contributed by atoms with E-state index in [4.69, 9.17) is 0 Å². The lowest BCUT2D eigenvalue weighted by atomic mass is 9.79. The SMILES string of the molecule is O=C1CCC2(CN(C(=O)N3CC4(CCN(Cc5ccc(S(=O)(=O)C(F)(F)F)cc5)C4)C3)C2)N1. The van der Waals surface area contributed by atoms with E-state index in [1.165, 1.54) is 12.1 Å². The van der Waals surface area contributed by atoms with E-state index in [0.717, 1.165) is 43.6 Å². The zero-order valence-electron chi connectivity index (χ0n) is 17.9. The van der Waals surface area contributed by atoms with Gasteiger partial charge in [-0.05, 0) is 37.1 Å². The van der Waals surface area contributed by atoms with Gasteiger partial charge < -0.3 is 15.1 Å². The highest BCUT2D eigenvalue weighted by Gasteiger charge is 2.54. The van der Waals surface area contributed by atoms with E-state index in [9.17, 15) is 31.2 Å². The first-order chi connectivity index (χ1) is 15.4. The van der Waals surface area contributed by atoms with E-state index in [-0.39, 0.29) is 22.9 Å². The van der Waals surface area contributed by atoms with Crippen LogP contribution in [0.5, 0.6) is 0 Å². The van der Waals surface area contributed by atoms with Crippen LogP contribution >= 0.6 is 0 Å². The van der Waals surface area contributed by atoms with E-state index in [2.05, 4.69) is 10.2 Å². The molecule has 1 N–H and O–H groups in total. The Labute approximate surface area is 189 Å². The maximum absolute atomic E-state index is 12.7. The van der Waals surface area contributed by atoms with Gasteiger partial charge in [0.25, 0.3) is 9.84 Å². The van der Waals surface area contributed by atoms with E-state index in [0.29, 0.717) is 39.1 Å². The molecular formula is C21H25F3N4O4S. The summed E-state index contributed by atoms with van der Waals surface area (Å²) in [5, 5.41) is 2.98. The van der Waals surface area contributed by atoms with Crippen molar-refractivity contribution in [1.29, 1.82) is 0 Å². The number of rotatable bonds is 3. The predicted molar refractivity (Wildman–Crippen MR) is 111 cm³/mol. The number of hydrogen-bond donors (Lipinski definition) is 1. The number of urea groups is 1. The number of amides is 3. The van der Waals surface area contributed by atoms with Crippen molar-refractivity contribution in [3.8, 4) is 0 Å². The minimum atomic E-state index is -5.34. The molecule has 4 aliphatic heterocycles. The van der Waals surface area contributed by atoms with Gasteiger partial charge in [-0.15, -0.1) is 0 Å². The summed E-state index contributed by atoms with van der Waals surface area (Å²) in [5.74, 6) is 0.0488. The van der Waals surface area contributed by atoms with Crippen LogP contribution in [0.4, 0.5) is 18.0 Å². The Morgan fingerprint density at radius 2 is 1.64 bits per heavy atom. The monoisotopic (exact) mass is 486 g/mol. The lowest BCUT2D eigenvalue weighted by Gasteiger charge is -2.54. The van der Waals surface area contributed by atoms with Gasteiger partial charge in [0.2, 0.25) is 5.91 Å². The number of halogens is 3. The number of hydrogen-bond acceptors (Lipinski definition) is 5. The molecule has 0 atom stereocenters. The quantitative estimate of drug-likeness (QED) is 0.701. The highest BCUT2D eigenvalue weighted by atomic mass is 32.2. The molecule has 5 rings (SSSR count). The third-order valence-electron chi connectivity index (χ3n) is 7.28. The molecule has 33 heavy (non-hydrogen) atoms. The second-order valence-electron chi connectivity index (χ2n) is 9.88. The largest absolute Gasteiger partial charge is 0.501 e. The van der Waals surface area contributed by atoms with Crippen molar-refractivity contribution < 1.29 is 31.2 Å². The molecule has 0 radical (unpaired) electrons. The smallest absolute Gasteiger partial charge is 0.347 e. The van der Waals surface area contributed by atoms with Gasteiger partial charge in [0, 0.05) is 51.1 Å². The molecule has 0 unspecified atom stereocenters. The van der Waals surface area contributed by atoms with Gasteiger partial charge in [-0.3, -0.25) is 9.69 Å². The third kappa shape index (κ3) is 3.86. The second kappa shape index (κ2) is 7.33. The van der Waals surface area contributed by atoms with Gasteiger partial charge >= 0.3 is 11.5 Å². The Hall–Kier alpha value is -2.34. The molecule has 1 aromatic carbocycles. The Bertz CT molecular complexity index is 1080. The Kier molecular flexibility index (Phi) is 4.99. The van der Waals surface area contributed by atoms with Crippen LogP contribution in [0.2, 0.25) is 0 Å². The average Bonchev–Trinajstić information content (AvgIpc) is 3.29. The van der Waals surface area contributed by atoms with Crippen LogP contribution in [0.25, 0.3) is 0 Å². The van der Waals surface area contributed by atoms with Gasteiger partial charge in [0.1, 0.15) is 0 Å². The summed E-state index contributed by atoms with van der Waals surface area (Å²) < 4.78 is 61.1. The van der Waals surface area contributed by atoms with Crippen LogP contribution in [0.3, 0.4) is 0 Å². The summed E-state index contributed by atoms with van der Waals surface area (Å²) in [4.78, 5) is 29.2. The molecule has 0 aromatic heterocycles. The topological polar surface area (TPSA) is 90.0 Å². The van der Waals surface area contributed by atoms with Gasteiger partial charge in [0.15, 0.2) is 0 Å². The molecule has 1 aromatic rings. The highest BCUT2D eigenvalue weighted by Crippen LogP contribution is 2.42. The number of likely N-dealkylation sites (tertiary alicyclic amines) is 3. The fraction of sp³-hybridized carbons (Fsp3) is 0.619. The number of carbonyl (C=O) groups is 2. The van der Waals surface area contributed by atoms with Crippen molar-refractivity contribution in [1.82, 2.24) is 20.0 Å². The van der Waals surface area contributed by atoms with Crippen molar-refractivity contribution in [2.24, 2.45) is 5.41 Å². The first-order valence-electron chi connectivity index (χ1n) is 10.9. The maximum Gasteiger partial charge on any atom is 0.501 e. The lowest BCUT2D eigenvalue weighted by Crippen LogP contribution is -2.72. The van der Waals surface area contributed by atoms with Crippen molar-refractivity contribution in [2.75, 3.05) is 39.3 Å². The molecule has 8 nitrogen and oxygen atoms in total. The summed E-state index contributed by atoms with van der Waals surface area (Å²) in [6.45, 7) is 4.56. The Balaban J connectivity index is 1.11. The van der Waals surface area contributed by atoms with Crippen LogP contribution < -0.4 is 5.32 Å². The normalized spacial score (nSPS) is 24.2. The first-order valence-corrected chi connectivity index (χ1v) is 12.4. The van der Waals surface area contributed by atoms with Crippen LogP contribution in [0.15, 0.2) is 29.2 Å². The molecular weight excluding hydrogens is 461 g/mol. The predicted octanol–water partition coefficient (Wildman–Crippen LogP) is 1.57.